The zero-order valence-electron chi connectivity index (χ0n) is 14.4. The number of ether oxygens (including phenoxy) is 3. The number of rotatable bonds is 10. The molecule has 0 aliphatic heterocycles. The SMILES string of the molecule is C=C[C@H](C)[C@@H](OC)[C@H](OCOCc1ccccc1)c1ccccc1. The van der Waals surface area contributed by atoms with Gasteiger partial charge < -0.3 is 14.2 Å². The summed E-state index contributed by atoms with van der Waals surface area (Å²) in [6, 6.07) is 20.1. The average Bonchev–Trinajstić information content (AvgIpc) is 2.65. The standard InChI is InChI=1S/C21H26O3/c1-4-17(2)20(22-3)21(19-13-9-6-10-14-19)24-16-23-15-18-11-7-5-8-12-18/h4-14,17,20-21H,1,15-16H2,2-3H3/t17-,20+,21+/m0/s1. The largest absolute Gasteiger partial charge is 0.378 e. The molecule has 0 spiro atoms. The lowest BCUT2D eigenvalue weighted by Crippen LogP contribution is -2.29. The molecule has 0 aromatic heterocycles. The summed E-state index contributed by atoms with van der Waals surface area (Å²) in [7, 11) is 1.70. The van der Waals surface area contributed by atoms with Gasteiger partial charge in [0.1, 0.15) is 12.9 Å². The van der Waals surface area contributed by atoms with Crippen LogP contribution in [0.25, 0.3) is 0 Å². The molecule has 0 aliphatic rings. The highest BCUT2D eigenvalue weighted by molar-refractivity contribution is 5.19. The van der Waals surface area contributed by atoms with Crippen LogP contribution >= 0.6 is 0 Å². The molecule has 0 fully saturated rings. The fourth-order valence-electron chi connectivity index (χ4n) is 2.63. The zero-order valence-corrected chi connectivity index (χ0v) is 14.4. The predicted molar refractivity (Wildman–Crippen MR) is 96.5 cm³/mol. The second-order valence-electron chi connectivity index (χ2n) is 5.74. The molecule has 3 atom stereocenters. The van der Waals surface area contributed by atoms with Crippen molar-refractivity contribution >= 4 is 0 Å². The lowest BCUT2D eigenvalue weighted by atomic mass is 9.94. The quantitative estimate of drug-likeness (QED) is 0.358. The molecule has 128 valence electrons. The van der Waals surface area contributed by atoms with Crippen LogP contribution in [-0.2, 0) is 20.8 Å². The minimum absolute atomic E-state index is 0.120. The summed E-state index contributed by atoms with van der Waals surface area (Å²) in [5.41, 5.74) is 2.20. The summed E-state index contributed by atoms with van der Waals surface area (Å²) in [6.07, 6.45) is 1.56. The first-order valence-electron chi connectivity index (χ1n) is 8.19. The van der Waals surface area contributed by atoms with Crippen molar-refractivity contribution < 1.29 is 14.2 Å². The predicted octanol–water partition coefficient (Wildman–Crippen LogP) is 4.76. The van der Waals surface area contributed by atoms with E-state index < -0.39 is 0 Å². The van der Waals surface area contributed by atoms with Crippen molar-refractivity contribution in [2.45, 2.75) is 25.7 Å². The van der Waals surface area contributed by atoms with Crippen molar-refractivity contribution in [2.75, 3.05) is 13.9 Å². The van der Waals surface area contributed by atoms with Gasteiger partial charge >= 0.3 is 0 Å². The van der Waals surface area contributed by atoms with Crippen molar-refractivity contribution in [2.24, 2.45) is 5.92 Å². The molecule has 0 heterocycles. The topological polar surface area (TPSA) is 27.7 Å². The van der Waals surface area contributed by atoms with Crippen LogP contribution in [0.15, 0.2) is 73.3 Å². The van der Waals surface area contributed by atoms with Crippen molar-refractivity contribution in [1.29, 1.82) is 0 Å². The Hall–Kier alpha value is -1.94. The van der Waals surface area contributed by atoms with Crippen LogP contribution in [0.4, 0.5) is 0 Å². The van der Waals surface area contributed by atoms with Crippen LogP contribution in [0.2, 0.25) is 0 Å². The van der Waals surface area contributed by atoms with Crippen molar-refractivity contribution in [3.8, 4) is 0 Å². The summed E-state index contributed by atoms with van der Waals surface area (Å²) in [6.45, 7) is 6.68. The maximum Gasteiger partial charge on any atom is 0.148 e. The first kappa shape index (κ1) is 18.4. The third-order valence-corrected chi connectivity index (χ3v) is 4.03. The minimum atomic E-state index is -0.208. The molecule has 3 nitrogen and oxygen atoms in total. The fourth-order valence-corrected chi connectivity index (χ4v) is 2.63. The lowest BCUT2D eigenvalue weighted by molar-refractivity contribution is -0.144. The van der Waals surface area contributed by atoms with Gasteiger partial charge in [-0.25, -0.2) is 0 Å². The van der Waals surface area contributed by atoms with Crippen LogP contribution in [0.5, 0.6) is 0 Å². The smallest absolute Gasteiger partial charge is 0.148 e. The molecule has 0 amide bonds. The maximum absolute atomic E-state index is 6.03. The minimum Gasteiger partial charge on any atom is -0.378 e. The van der Waals surface area contributed by atoms with E-state index in [-0.39, 0.29) is 24.9 Å². The normalized spacial score (nSPS) is 14.8. The van der Waals surface area contributed by atoms with Crippen LogP contribution in [0.1, 0.15) is 24.2 Å². The van der Waals surface area contributed by atoms with Crippen LogP contribution < -0.4 is 0 Å². The molecule has 3 heteroatoms. The molecule has 0 unspecified atom stereocenters. The summed E-state index contributed by atoms with van der Waals surface area (Å²) < 4.78 is 17.4. The lowest BCUT2D eigenvalue weighted by Gasteiger charge is -2.29. The number of hydrogen-bond acceptors (Lipinski definition) is 3. The van der Waals surface area contributed by atoms with E-state index in [4.69, 9.17) is 14.2 Å². The Morgan fingerprint density at radius 3 is 2.21 bits per heavy atom. The molecular weight excluding hydrogens is 300 g/mol. The molecule has 0 bridgehead atoms. The van der Waals surface area contributed by atoms with Gasteiger partial charge in [-0.3, -0.25) is 0 Å². The number of benzene rings is 2. The zero-order chi connectivity index (χ0) is 17.2. The molecule has 2 aromatic rings. The van der Waals surface area contributed by atoms with Crippen LogP contribution in [-0.4, -0.2) is 20.0 Å². The van der Waals surface area contributed by atoms with E-state index in [0.717, 1.165) is 11.1 Å². The van der Waals surface area contributed by atoms with Crippen LogP contribution in [0, 0.1) is 5.92 Å². The van der Waals surface area contributed by atoms with E-state index >= 15 is 0 Å². The Morgan fingerprint density at radius 2 is 1.62 bits per heavy atom. The number of hydrogen-bond donors (Lipinski definition) is 0. The summed E-state index contributed by atoms with van der Waals surface area (Å²) in [5, 5.41) is 0. The fraction of sp³-hybridized carbons (Fsp3) is 0.333. The summed E-state index contributed by atoms with van der Waals surface area (Å²) in [4.78, 5) is 0. The monoisotopic (exact) mass is 326 g/mol. The van der Waals surface area contributed by atoms with Gasteiger partial charge in [0.25, 0.3) is 0 Å². The van der Waals surface area contributed by atoms with Crippen molar-refractivity contribution in [3.05, 3.63) is 84.4 Å². The Labute approximate surface area is 144 Å². The van der Waals surface area contributed by atoms with Gasteiger partial charge in [-0.1, -0.05) is 73.7 Å². The Morgan fingerprint density at radius 1 is 1.00 bits per heavy atom. The first-order chi connectivity index (χ1) is 11.8. The molecule has 0 saturated heterocycles. The van der Waals surface area contributed by atoms with E-state index in [1.54, 1.807) is 7.11 Å². The van der Waals surface area contributed by atoms with Gasteiger partial charge in [-0.05, 0) is 11.1 Å². The van der Waals surface area contributed by atoms with Gasteiger partial charge in [-0.2, -0.15) is 0 Å². The second-order valence-corrected chi connectivity index (χ2v) is 5.74. The maximum atomic E-state index is 6.03. The molecule has 24 heavy (non-hydrogen) atoms. The highest BCUT2D eigenvalue weighted by Crippen LogP contribution is 2.28. The van der Waals surface area contributed by atoms with E-state index in [9.17, 15) is 0 Å². The Kier molecular flexibility index (Phi) is 7.69. The molecule has 0 N–H and O–H groups in total. The first-order valence-corrected chi connectivity index (χ1v) is 8.19. The molecule has 2 rings (SSSR count). The third kappa shape index (κ3) is 5.31. The van der Waals surface area contributed by atoms with Gasteiger partial charge in [0, 0.05) is 13.0 Å². The molecule has 0 saturated carbocycles. The van der Waals surface area contributed by atoms with E-state index in [2.05, 4.69) is 13.5 Å². The molecule has 2 aromatic carbocycles. The second kappa shape index (κ2) is 10.0. The van der Waals surface area contributed by atoms with Crippen molar-refractivity contribution in [1.82, 2.24) is 0 Å². The highest BCUT2D eigenvalue weighted by Gasteiger charge is 2.27. The summed E-state index contributed by atoms with van der Waals surface area (Å²) in [5.74, 6) is 0.161. The highest BCUT2D eigenvalue weighted by atomic mass is 16.7. The Bertz CT molecular complexity index is 583. The molecular formula is C21H26O3. The van der Waals surface area contributed by atoms with Crippen molar-refractivity contribution in [3.63, 3.8) is 0 Å². The van der Waals surface area contributed by atoms with Gasteiger partial charge in [0.2, 0.25) is 0 Å². The van der Waals surface area contributed by atoms with E-state index in [0.29, 0.717) is 6.61 Å². The molecule has 0 aliphatic carbocycles. The average molecular weight is 326 g/mol. The van der Waals surface area contributed by atoms with Gasteiger partial charge in [-0.15, -0.1) is 6.58 Å². The van der Waals surface area contributed by atoms with Gasteiger partial charge in [0.05, 0.1) is 12.7 Å². The Balaban J connectivity index is 1.99. The van der Waals surface area contributed by atoms with E-state index in [1.165, 1.54) is 0 Å². The number of methoxy groups -OCH3 is 1. The third-order valence-electron chi connectivity index (χ3n) is 4.03. The van der Waals surface area contributed by atoms with Gasteiger partial charge in [0.15, 0.2) is 0 Å². The van der Waals surface area contributed by atoms with E-state index in [1.807, 2.05) is 66.7 Å². The van der Waals surface area contributed by atoms with Crippen LogP contribution in [0.3, 0.4) is 0 Å². The summed E-state index contributed by atoms with van der Waals surface area (Å²) >= 11 is 0. The molecule has 0 radical (unpaired) electrons.